The van der Waals surface area contributed by atoms with Gasteiger partial charge in [0.2, 0.25) is 0 Å². The Labute approximate surface area is 168 Å². The van der Waals surface area contributed by atoms with Gasteiger partial charge in [-0.25, -0.2) is 8.78 Å². The number of aryl methyl sites for hydroxylation is 1. The highest BCUT2D eigenvalue weighted by atomic mass is 127. The predicted octanol–water partition coefficient (Wildman–Crippen LogP) is 1.61. The number of guanidine groups is 1. The summed E-state index contributed by atoms with van der Waals surface area (Å²) in [4.78, 5) is 8.23. The summed E-state index contributed by atoms with van der Waals surface area (Å²) in [5.74, 6) is 0.726. The maximum atomic E-state index is 13.9. The average Bonchev–Trinajstić information content (AvgIpc) is 3.03. The third-order valence-electron chi connectivity index (χ3n) is 4.25. The van der Waals surface area contributed by atoms with E-state index in [9.17, 15) is 8.78 Å². The van der Waals surface area contributed by atoms with Crippen LogP contribution in [-0.2, 0) is 13.6 Å². The summed E-state index contributed by atoms with van der Waals surface area (Å²) in [5, 5.41) is 11.1. The normalized spacial score (nSPS) is 15.0. The number of anilines is 1. The van der Waals surface area contributed by atoms with Crippen LogP contribution in [0.15, 0.2) is 29.5 Å². The molecule has 26 heavy (non-hydrogen) atoms. The molecule has 1 aliphatic heterocycles. The van der Waals surface area contributed by atoms with Crippen LogP contribution in [0, 0.1) is 11.6 Å². The molecule has 1 N–H and O–H groups in total. The van der Waals surface area contributed by atoms with Crippen molar-refractivity contribution < 1.29 is 8.78 Å². The third-order valence-corrected chi connectivity index (χ3v) is 4.25. The number of nitrogens with one attached hydrogen (secondary N) is 1. The van der Waals surface area contributed by atoms with E-state index in [4.69, 9.17) is 0 Å². The molecule has 0 unspecified atom stereocenters. The highest BCUT2D eigenvalue weighted by Crippen LogP contribution is 2.21. The molecule has 7 nitrogen and oxygen atoms in total. The monoisotopic (exact) mass is 477 g/mol. The number of rotatable bonds is 3. The molecule has 0 spiro atoms. The number of hydrogen-bond donors (Lipinski definition) is 1. The molecular formula is C16H22F2IN7. The summed E-state index contributed by atoms with van der Waals surface area (Å²) in [6.45, 7) is 3.01. The molecule has 1 fully saturated rings. The number of aliphatic imine (C=N–C) groups is 1. The Morgan fingerprint density at radius 1 is 1.23 bits per heavy atom. The first-order valence-corrected chi connectivity index (χ1v) is 8.07. The summed E-state index contributed by atoms with van der Waals surface area (Å²) in [5.41, 5.74) is 0.307. The minimum absolute atomic E-state index is 0. The number of halogens is 3. The van der Waals surface area contributed by atoms with Crippen molar-refractivity contribution in [2.75, 3.05) is 38.1 Å². The van der Waals surface area contributed by atoms with Gasteiger partial charge in [0, 0.05) is 46.3 Å². The van der Waals surface area contributed by atoms with Crippen molar-refractivity contribution in [1.82, 2.24) is 25.0 Å². The lowest BCUT2D eigenvalue weighted by molar-refractivity contribution is 0.369. The van der Waals surface area contributed by atoms with Crippen LogP contribution in [0.5, 0.6) is 0 Å². The Bertz CT molecular complexity index is 757. The molecule has 1 aliphatic rings. The average molecular weight is 477 g/mol. The van der Waals surface area contributed by atoms with Crippen LogP contribution in [0.4, 0.5) is 14.5 Å². The van der Waals surface area contributed by atoms with Gasteiger partial charge in [-0.3, -0.25) is 4.99 Å². The minimum Gasteiger partial charge on any atom is -0.366 e. The number of nitrogens with zero attached hydrogens (tertiary/aromatic N) is 6. The largest absolute Gasteiger partial charge is 0.366 e. The van der Waals surface area contributed by atoms with Gasteiger partial charge in [-0.05, 0) is 12.1 Å². The summed E-state index contributed by atoms with van der Waals surface area (Å²) in [7, 11) is 3.60. The fraction of sp³-hybridized carbons (Fsp3) is 0.438. The highest BCUT2D eigenvalue weighted by Gasteiger charge is 2.22. The van der Waals surface area contributed by atoms with E-state index in [1.165, 1.54) is 12.1 Å². The van der Waals surface area contributed by atoms with Gasteiger partial charge < -0.3 is 19.7 Å². The van der Waals surface area contributed by atoms with Gasteiger partial charge in [-0.1, -0.05) is 0 Å². The quantitative estimate of drug-likeness (QED) is 0.414. The SMILES string of the molecule is CN=C(NCc1nncn1C)N1CCN(c2cc(F)ccc2F)CC1.I. The highest BCUT2D eigenvalue weighted by molar-refractivity contribution is 14.0. The smallest absolute Gasteiger partial charge is 0.194 e. The Hall–Kier alpha value is -1.98. The zero-order valence-corrected chi connectivity index (χ0v) is 17.0. The van der Waals surface area contributed by atoms with E-state index >= 15 is 0 Å². The molecule has 0 radical (unpaired) electrons. The Morgan fingerprint density at radius 3 is 2.58 bits per heavy atom. The molecule has 1 saturated heterocycles. The first-order chi connectivity index (χ1) is 12.1. The van der Waals surface area contributed by atoms with E-state index < -0.39 is 11.6 Å². The van der Waals surface area contributed by atoms with Gasteiger partial charge in [-0.2, -0.15) is 0 Å². The molecule has 1 aromatic heterocycles. The standard InChI is InChI=1S/C16H21F2N7.HI/c1-19-16(20-10-15-22-21-11-23(15)2)25-7-5-24(6-8-25)14-9-12(17)3-4-13(14)18;/h3-4,9,11H,5-8,10H2,1-2H3,(H,19,20);1H. The van der Waals surface area contributed by atoms with Crippen molar-refractivity contribution in [2.24, 2.45) is 12.0 Å². The minimum atomic E-state index is -0.431. The summed E-state index contributed by atoms with van der Waals surface area (Å²) in [6, 6.07) is 3.54. The van der Waals surface area contributed by atoms with E-state index in [0.717, 1.165) is 17.9 Å². The first-order valence-electron chi connectivity index (χ1n) is 8.07. The molecule has 2 aromatic rings. The number of hydrogen-bond acceptors (Lipinski definition) is 4. The maximum Gasteiger partial charge on any atom is 0.194 e. The van der Waals surface area contributed by atoms with Crippen molar-refractivity contribution in [3.05, 3.63) is 42.0 Å². The molecule has 0 atom stereocenters. The van der Waals surface area contributed by atoms with Gasteiger partial charge >= 0.3 is 0 Å². The predicted molar refractivity (Wildman–Crippen MR) is 107 cm³/mol. The molecule has 1 aromatic carbocycles. The van der Waals surface area contributed by atoms with Crippen molar-refractivity contribution >= 4 is 35.6 Å². The zero-order valence-electron chi connectivity index (χ0n) is 14.7. The van der Waals surface area contributed by atoms with Gasteiger partial charge in [0.05, 0.1) is 12.2 Å². The molecule has 2 heterocycles. The first kappa shape index (κ1) is 20.3. The second kappa shape index (κ2) is 9.10. The molecule has 0 bridgehead atoms. The lowest BCUT2D eigenvalue weighted by Crippen LogP contribution is -2.52. The Balaban J connectivity index is 0.00000243. The summed E-state index contributed by atoms with van der Waals surface area (Å²) in [6.07, 6.45) is 1.64. The van der Waals surface area contributed by atoms with Gasteiger partial charge in [0.15, 0.2) is 11.8 Å². The fourth-order valence-electron chi connectivity index (χ4n) is 2.84. The molecular weight excluding hydrogens is 455 g/mol. The van der Waals surface area contributed by atoms with Crippen LogP contribution in [-0.4, -0.2) is 58.9 Å². The van der Waals surface area contributed by atoms with Gasteiger partial charge in [0.25, 0.3) is 0 Å². The second-order valence-corrected chi connectivity index (χ2v) is 5.83. The topological polar surface area (TPSA) is 61.6 Å². The maximum absolute atomic E-state index is 13.9. The second-order valence-electron chi connectivity index (χ2n) is 5.83. The van der Waals surface area contributed by atoms with E-state index in [1.807, 2.05) is 16.5 Å². The molecule has 0 amide bonds. The van der Waals surface area contributed by atoms with Crippen LogP contribution < -0.4 is 10.2 Å². The number of benzene rings is 1. The van der Waals surface area contributed by atoms with Crippen molar-refractivity contribution in [1.29, 1.82) is 0 Å². The van der Waals surface area contributed by atoms with E-state index in [2.05, 4.69) is 25.4 Å². The van der Waals surface area contributed by atoms with Crippen LogP contribution in [0.1, 0.15) is 5.82 Å². The number of aromatic nitrogens is 3. The van der Waals surface area contributed by atoms with Crippen molar-refractivity contribution in [2.45, 2.75) is 6.54 Å². The third kappa shape index (κ3) is 4.59. The van der Waals surface area contributed by atoms with Crippen molar-refractivity contribution in [3.8, 4) is 0 Å². The lowest BCUT2D eigenvalue weighted by Gasteiger charge is -2.37. The summed E-state index contributed by atoms with van der Waals surface area (Å²) >= 11 is 0. The van der Waals surface area contributed by atoms with E-state index in [1.54, 1.807) is 13.4 Å². The van der Waals surface area contributed by atoms with Gasteiger partial charge in [-0.15, -0.1) is 34.2 Å². The van der Waals surface area contributed by atoms with Crippen molar-refractivity contribution in [3.63, 3.8) is 0 Å². The number of piperazine rings is 1. The Kier molecular flexibility index (Phi) is 7.12. The fourth-order valence-corrected chi connectivity index (χ4v) is 2.84. The lowest BCUT2D eigenvalue weighted by atomic mass is 10.2. The molecule has 10 heteroatoms. The van der Waals surface area contributed by atoms with E-state index in [-0.39, 0.29) is 24.0 Å². The van der Waals surface area contributed by atoms with Crippen LogP contribution in [0.3, 0.4) is 0 Å². The van der Waals surface area contributed by atoms with E-state index in [0.29, 0.717) is 38.4 Å². The molecule has 0 saturated carbocycles. The Morgan fingerprint density at radius 2 is 1.96 bits per heavy atom. The summed E-state index contributed by atoms with van der Waals surface area (Å²) < 4.78 is 29.1. The molecule has 3 rings (SSSR count). The van der Waals surface area contributed by atoms with Crippen LogP contribution in [0.2, 0.25) is 0 Å². The van der Waals surface area contributed by atoms with Crippen LogP contribution in [0.25, 0.3) is 0 Å². The zero-order chi connectivity index (χ0) is 17.8. The van der Waals surface area contributed by atoms with Gasteiger partial charge in [0.1, 0.15) is 18.0 Å². The molecule has 142 valence electrons. The van der Waals surface area contributed by atoms with Crippen LogP contribution >= 0.6 is 24.0 Å². The molecule has 0 aliphatic carbocycles.